The van der Waals surface area contributed by atoms with Crippen LogP contribution in [0.3, 0.4) is 0 Å². The number of fused-ring (bicyclic) bond motifs is 3. The molecule has 4 aliphatic rings. The van der Waals surface area contributed by atoms with Gasteiger partial charge in [-0.05, 0) is 82.4 Å². The van der Waals surface area contributed by atoms with Crippen LogP contribution in [0, 0.1) is 5.92 Å². The van der Waals surface area contributed by atoms with E-state index in [1.54, 1.807) is 18.2 Å². The predicted molar refractivity (Wildman–Crippen MR) is 146 cm³/mol. The van der Waals surface area contributed by atoms with E-state index in [2.05, 4.69) is 61.4 Å². The van der Waals surface area contributed by atoms with Gasteiger partial charge in [0.25, 0.3) is 0 Å². The topological polar surface area (TPSA) is 62.8 Å². The molecule has 1 atom stereocenters. The number of carbonyl (C=O) groups is 2. The molecule has 1 aromatic rings. The lowest BCUT2D eigenvalue weighted by molar-refractivity contribution is -0.136. The Bertz CT molecular complexity index is 1420. The van der Waals surface area contributed by atoms with Gasteiger partial charge in [0.2, 0.25) is 5.36 Å². The summed E-state index contributed by atoms with van der Waals surface area (Å²) < 4.78 is 14.4. The number of hydrogen-bond donors (Lipinski definition) is 0. The number of carbonyl (C=O) groups excluding carboxylic acids is 2. The summed E-state index contributed by atoms with van der Waals surface area (Å²) in [6.07, 6.45) is 4.37. The van der Waals surface area contributed by atoms with Crippen molar-refractivity contribution in [2.45, 2.75) is 47.0 Å². The molecule has 0 saturated carbocycles. The lowest BCUT2D eigenvalue weighted by atomic mass is 9.86. The Hall–Kier alpha value is -3.67. The number of Topliss-reactive ketones (excluding diaryl/α,β-unsaturated/α-hetero) is 1. The largest absolute Gasteiger partial charge is 0.456 e. The zero-order valence-corrected chi connectivity index (χ0v) is 22.2. The summed E-state index contributed by atoms with van der Waals surface area (Å²) in [4.78, 5) is 28.6. The van der Waals surface area contributed by atoms with Crippen molar-refractivity contribution in [3.63, 3.8) is 0 Å². The molecular weight excluding hydrogens is 464 g/mol. The molecule has 2 heterocycles. The molecular formula is C31H35N2O4+. The van der Waals surface area contributed by atoms with E-state index in [0.717, 1.165) is 84.7 Å². The van der Waals surface area contributed by atoms with Gasteiger partial charge in [-0.25, -0.2) is 4.58 Å². The Labute approximate surface area is 218 Å². The Balaban J connectivity index is 1.53. The normalized spacial score (nSPS) is 17.9. The first-order valence-electron chi connectivity index (χ1n) is 13.5. The Morgan fingerprint density at radius 2 is 1.76 bits per heavy atom. The highest BCUT2D eigenvalue weighted by atomic mass is 16.5. The van der Waals surface area contributed by atoms with Gasteiger partial charge in [-0.3, -0.25) is 9.59 Å². The summed E-state index contributed by atoms with van der Waals surface area (Å²) in [5.74, 6) is 0.208. The fourth-order valence-electron chi connectivity index (χ4n) is 5.52. The van der Waals surface area contributed by atoms with Crippen molar-refractivity contribution in [1.29, 1.82) is 0 Å². The van der Waals surface area contributed by atoms with Gasteiger partial charge in [0.05, 0.1) is 11.6 Å². The third kappa shape index (κ3) is 4.61. The van der Waals surface area contributed by atoms with Gasteiger partial charge < -0.3 is 14.1 Å². The third-order valence-electron chi connectivity index (χ3n) is 7.62. The van der Waals surface area contributed by atoms with Crippen molar-refractivity contribution in [3.8, 4) is 17.1 Å². The molecule has 6 heteroatoms. The number of allylic oxidation sites excluding steroid dienone is 1. The molecule has 37 heavy (non-hydrogen) atoms. The van der Waals surface area contributed by atoms with Crippen LogP contribution >= 0.6 is 0 Å². The zero-order chi connectivity index (χ0) is 26.1. The van der Waals surface area contributed by atoms with Gasteiger partial charge in [0.15, 0.2) is 5.78 Å². The average Bonchev–Trinajstić information content (AvgIpc) is 2.91. The van der Waals surface area contributed by atoms with Gasteiger partial charge >= 0.3 is 5.97 Å². The molecule has 0 spiro atoms. The van der Waals surface area contributed by atoms with E-state index in [1.165, 1.54) is 0 Å². The van der Waals surface area contributed by atoms with Crippen LogP contribution in [-0.4, -0.2) is 37.9 Å². The fraction of sp³-hybridized carbons (Fsp3) is 0.387. The molecule has 0 amide bonds. The number of anilines is 1. The van der Waals surface area contributed by atoms with Crippen molar-refractivity contribution < 1.29 is 18.7 Å². The summed E-state index contributed by atoms with van der Waals surface area (Å²) in [6.45, 7) is 11.9. The number of nitrogens with zero attached hydrogens (tertiary/aromatic N) is 2. The summed E-state index contributed by atoms with van der Waals surface area (Å²) in [6, 6.07) is 14.0. The lowest BCUT2D eigenvalue weighted by Crippen LogP contribution is -2.33. The Morgan fingerprint density at radius 1 is 0.973 bits per heavy atom. The Morgan fingerprint density at radius 3 is 2.49 bits per heavy atom. The van der Waals surface area contributed by atoms with Crippen molar-refractivity contribution in [3.05, 3.63) is 70.8 Å². The average molecular weight is 500 g/mol. The molecule has 5 rings (SSSR count). The van der Waals surface area contributed by atoms with Crippen molar-refractivity contribution >= 4 is 23.0 Å². The van der Waals surface area contributed by atoms with E-state index >= 15 is 0 Å². The van der Waals surface area contributed by atoms with Gasteiger partial charge in [0.1, 0.15) is 36.3 Å². The molecule has 0 bridgehead atoms. The molecule has 192 valence electrons. The standard InChI is InChI=1S/C31H35N2O4/c1-5-32(6-2)23-13-12-20-16-21-10-9-11-22(30(21)36-27(20)18-23)17-26-29(34)25-15-14-24(33(7-3)8-4)19-28(25)37-31(26)35/h12-19,26H,5-11H2,1-4H3/q+1/b22-17+. The number of rotatable bonds is 6. The first-order valence-corrected chi connectivity index (χ1v) is 13.5. The summed E-state index contributed by atoms with van der Waals surface area (Å²) in [7, 11) is 0. The minimum Gasteiger partial charge on any atom is -0.456 e. The maximum absolute atomic E-state index is 13.4. The summed E-state index contributed by atoms with van der Waals surface area (Å²) in [5, 5.41) is 1.12. The van der Waals surface area contributed by atoms with Gasteiger partial charge in [-0.2, -0.15) is 0 Å². The van der Waals surface area contributed by atoms with E-state index in [4.69, 9.17) is 9.15 Å². The van der Waals surface area contributed by atoms with Crippen molar-refractivity contribution in [2.75, 3.05) is 31.1 Å². The third-order valence-corrected chi connectivity index (χ3v) is 7.62. The predicted octanol–water partition coefficient (Wildman–Crippen LogP) is 5.18. The number of ketones is 1. The van der Waals surface area contributed by atoms with Gasteiger partial charge in [-0.1, -0.05) is 6.08 Å². The molecule has 1 aromatic carbocycles. The zero-order valence-electron chi connectivity index (χ0n) is 22.2. The first kappa shape index (κ1) is 25.0. The lowest BCUT2D eigenvalue weighted by Gasteiger charge is -2.26. The van der Waals surface area contributed by atoms with Crippen LogP contribution in [0.2, 0.25) is 0 Å². The van der Waals surface area contributed by atoms with Crippen LogP contribution in [0.15, 0.2) is 53.0 Å². The summed E-state index contributed by atoms with van der Waals surface area (Å²) in [5.41, 5.74) is 4.46. The van der Waals surface area contributed by atoms with Crippen LogP contribution in [0.4, 0.5) is 5.69 Å². The minimum absolute atomic E-state index is 0.221. The smallest absolute Gasteiger partial charge is 0.326 e. The molecule has 2 aliphatic carbocycles. The van der Waals surface area contributed by atoms with Crippen LogP contribution in [-0.2, 0) is 11.2 Å². The second kappa shape index (κ2) is 10.4. The number of esters is 1. The van der Waals surface area contributed by atoms with Crippen molar-refractivity contribution in [2.24, 2.45) is 5.92 Å². The quantitative estimate of drug-likeness (QED) is 0.202. The van der Waals surface area contributed by atoms with E-state index < -0.39 is 11.9 Å². The van der Waals surface area contributed by atoms with E-state index in [1.807, 2.05) is 6.07 Å². The highest BCUT2D eigenvalue weighted by molar-refractivity contribution is 6.15. The maximum atomic E-state index is 13.4. The van der Waals surface area contributed by atoms with E-state index in [0.29, 0.717) is 11.3 Å². The molecule has 0 N–H and O–H groups in total. The van der Waals surface area contributed by atoms with Crippen LogP contribution < -0.4 is 19.6 Å². The van der Waals surface area contributed by atoms with Gasteiger partial charge in [-0.15, -0.1) is 0 Å². The molecule has 1 unspecified atom stereocenters. The second-order valence-electron chi connectivity index (χ2n) is 9.66. The molecule has 6 nitrogen and oxygen atoms in total. The van der Waals surface area contributed by atoms with Crippen LogP contribution in [0.25, 0.3) is 16.9 Å². The Kier molecular flexibility index (Phi) is 7.00. The monoisotopic (exact) mass is 499 g/mol. The molecule has 0 saturated heterocycles. The number of hydrogen-bond acceptors (Lipinski definition) is 5. The molecule has 0 radical (unpaired) electrons. The van der Waals surface area contributed by atoms with Crippen molar-refractivity contribution in [1.82, 2.24) is 4.58 Å². The summed E-state index contributed by atoms with van der Waals surface area (Å²) >= 11 is 0. The van der Waals surface area contributed by atoms with Crippen LogP contribution in [0.5, 0.6) is 5.75 Å². The highest BCUT2D eigenvalue weighted by Crippen LogP contribution is 2.38. The van der Waals surface area contributed by atoms with E-state index in [-0.39, 0.29) is 5.78 Å². The first-order chi connectivity index (χ1) is 18.0. The van der Waals surface area contributed by atoms with Crippen LogP contribution in [0.1, 0.15) is 62.2 Å². The SMILES string of the molecule is CCN(CC)c1ccc2c(c1)OC(=O)C(/C=C1\CCCc3cc4ccc(=[N+](CC)CC)cc-4oc31)C2=O. The molecule has 0 fully saturated rings. The maximum Gasteiger partial charge on any atom is 0.326 e. The highest BCUT2D eigenvalue weighted by Gasteiger charge is 2.36. The number of ether oxygens (including phenoxy) is 1. The van der Waals surface area contributed by atoms with Gasteiger partial charge in [0, 0.05) is 36.5 Å². The molecule has 0 aromatic heterocycles. The van der Waals surface area contributed by atoms with E-state index in [9.17, 15) is 9.59 Å². The fourth-order valence-corrected chi connectivity index (χ4v) is 5.52. The minimum atomic E-state index is -0.972. The molecule has 2 aliphatic heterocycles. The number of aryl methyl sites for hydroxylation is 1. The second-order valence-corrected chi connectivity index (χ2v) is 9.66. The number of benzene rings is 2.